The van der Waals surface area contributed by atoms with Gasteiger partial charge in [0.15, 0.2) is 0 Å². The number of rotatable bonds is 3. The zero-order valence-corrected chi connectivity index (χ0v) is 14.2. The summed E-state index contributed by atoms with van der Waals surface area (Å²) in [5, 5.41) is 0.690. The summed E-state index contributed by atoms with van der Waals surface area (Å²) < 4.78 is 16.4. The third-order valence-corrected chi connectivity index (χ3v) is 5.94. The average Bonchev–Trinajstić information content (AvgIpc) is 2.95. The smallest absolute Gasteiger partial charge is 0.201 e. The Labute approximate surface area is 135 Å². The highest BCUT2D eigenvalue weighted by atomic mass is 127. The van der Waals surface area contributed by atoms with Gasteiger partial charge in [-0.25, -0.2) is 9.37 Å². The molecule has 20 heavy (non-hydrogen) atoms. The van der Waals surface area contributed by atoms with Gasteiger partial charge < -0.3 is 10.3 Å². The number of hydrogen-bond donors (Lipinski definition) is 1. The van der Waals surface area contributed by atoms with Gasteiger partial charge in [0.2, 0.25) is 5.95 Å². The van der Waals surface area contributed by atoms with Crippen molar-refractivity contribution in [2.45, 2.75) is 37.5 Å². The molecule has 3 nitrogen and oxygen atoms in total. The molecule has 1 saturated carbocycles. The monoisotopic (exact) mass is 405 g/mol. The van der Waals surface area contributed by atoms with E-state index in [1.54, 1.807) is 12.1 Å². The third kappa shape index (κ3) is 2.52. The summed E-state index contributed by atoms with van der Waals surface area (Å²) in [6.07, 6.45) is 3.40. The van der Waals surface area contributed by atoms with Crippen molar-refractivity contribution >= 4 is 51.3 Å². The zero-order chi connectivity index (χ0) is 14.3. The molecule has 0 bridgehead atoms. The van der Waals surface area contributed by atoms with Crippen LogP contribution >= 0.6 is 34.4 Å². The predicted octanol–water partition coefficient (Wildman–Crippen LogP) is 4.21. The number of fused-ring (bicyclic) bond motifs is 1. The maximum atomic E-state index is 13.8. The van der Waals surface area contributed by atoms with Crippen molar-refractivity contribution in [1.29, 1.82) is 0 Å². The van der Waals surface area contributed by atoms with E-state index in [2.05, 4.69) is 11.9 Å². The summed E-state index contributed by atoms with van der Waals surface area (Å²) in [5.74, 6) is 1.45. The van der Waals surface area contributed by atoms with E-state index in [4.69, 9.17) is 5.73 Å². The number of hydrogen-bond acceptors (Lipinski definition) is 3. The summed E-state index contributed by atoms with van der Waals surface area (Å²) in [6, 6.07) is 3.69. The number of nitrogen functional groups attached to an aromatic ring is 1. The molecule has 1 aliphatic rings. The highest BCUT2D eigenvalue weighted by molar-refractivity contribution is 14.1. The fraction of sp³-hybridized carbons (Fsp3) is 0.500. The lowest BCUT2D eigenvalue weighted by molar-refractivity contribution is 0.539. The molecule has 6 heteroatoms. The van der Waals surface area contributed by atoms with E-state index < -0.39 is 0 Å². The summed E-state index contributed by atoms with van der Waals surface area (Å²) in [5.41, 5.74) is 7.69. The number of imidazole rings is 1. The highest BCUT2D eigenvalue weighted by Crippen LogP contribution is 2.40. The fourth-order valence-corrected chi connectivity index (χ4v) is 4.61. The molecule has 2 aromatic rings. The molecule has 2 atom stereocenters. The van der Waals surface area contributed by atoms with Gasteiger partial charge in [-0.2, -0.15) is 11.8 Å². The van der Waals surface area contributed by atoms with Crippen LogP contribution in [-0.4, -0.2) is 20.6 Å². The van der Waals surface area contributed by atoms with Gasteiger partial charge in [0.25, 0.3) is 0 Å². The predicted molar refractivity (Wildman–Crippen MR) is 91.6 cm³/mol. The SMILES string of the molecule is CCSC1CCC(n2c(N)nc3cc(I)c(F)cc32)C1. The molecule has 1 aromatic carbocycles. The second-order valence-corrected chi connectivity index (χ2v) is 7.88. The Morgan fingerprint density at radius 2 is 2.30 bits per heavy atom. The van der Waals surface area contributed by atoms with Gasteiger partial charge in [-0.3, -0.25) is 0 Å². The maximum absolute atomic E-state index is 13.8. The number of nitrogens with zero attached hydrogens (tertiary/aromatic N) is 2. The number of benzene rings is 1. The van der Waals surface area contributed by atoms with Gasteiger partial charge in [0.05, 0.1) is 14.6 Å². The van der Waals surface area contributed by atoms with Crippen molar-refractivity contribution in [2.24, 2.45) is 0 Å². The van der Waals surface area contributed by atoms with E-state index in [0.29, 0.717) is 20.8 Å². The Morgan fingerprint density at radius 3 is 3.05 bits per heavy atom. The minimum absolute atomic E-state index is 0.197. The van der Waals surface area contributed by atoms with Crippen molar-refractivity contribution in [3.8, 4) is 0 Å². The van der Waals surface area contributed by atoms with Crippen LogP contribution in [0.4, 0.5) is 10.3 Å². The van der Waals surface area contributed by atoms with E-state index in [0.717, 1.165) is 29.6 Å². The van der Waals surface area contributed by atoms with Crippen LogP contribution < -0.4 is 5.73 Å². The first-order valence-electron chi connectivity index (χ1n) is 6.84. The Balaban J connectivity index is 1.99. The van der Waals surface area contributed by atoms with Crippen LogP contribution in [0.5, 0.6) is 0 Å². The molecule has 0 radical (unpaired) electrons. The van der Waals surface area contributed by atoms with Crippen LogP contribution in [0, 0.1) is 9.39 Å². The topological polar surface area (TPSA) is 43.8 Å². The molecule has 2 N–H and O–H groups in total. The normalized spacial score (nSPS) is 22.8. The minimum atomic E-state index is -0.197. The molecule has 0 amide bonds. The molecule has 108 valence electrons. The molecular formula is C14H17FIN3S. The van der Waals surface area contributed by atoms with Crippen molar-refractivity contribution in [3.63, 3.8) is 0 Å². The molecule has 1 heterocycles. The molecule has 1 aliphatic carbocycles. The van der Waals surface area contributed by atoms with Crippen LogP contribution in [-0.2, 0) is 0 Å². The lowest BCUT2D eigenvalue weighted by atomic mass is 10.2. The maximum Gasteiger partial charge on any atom is 0.201 e. The molecule has 3 rings (SSSR count). The van der Waals surface area contributed by atoms with E-state index in [-0.39, 0.29) is 5.82 Å². The molecule has 1 aromatic heterocycles. The first-order chi connectivity index (χ1) is 9.60. The Bertz CT molecular complexity index is 643. The number of nitrogens with two attached hydrogens (primary N) is 1. The second kappa shape index (κ2) is 5.71. The molecule has 1 fully saturated rings. The van der Waals surface area contributed by atoms with Crippen LogP contribution in [0.25, 0.3) is 11.0 Å². The Morgan fingerprint density at radius 1 is 1.50 bits per heavy atom. The lowest BCUT2D eigenvalue weighted by Gasteiger charge is -2.15. The lowest BCUT2D eigenvalue weighted by Crippen LogP contribution is -2.10. The summed E-state index contributed by atoms with van der Waals surface area (Å²) in [4.78, 5) is 4.39. The zero-order valence-electron chi connectivity index (χ0n) is 11.3. The van der Waals surface area contributed by atoms with Crippen LogP contribution in [0.2, 0.25) is 0 Å². The van der Waals surface area contributed by atoms with E-state index in [1.807, 2.05) is 38.9 Å². The minimum Gasteiger partial charge on any atom is -0.369 e. The van der Waals surface area contributed by atoms with Crippen molar-refractivity contribution in [2.75, 3.05) is 11.5 Å². The largest absolute Gasteiger partial charge is 0.369 e. The summed E-state index contributed by atoms with van der Waals surface area (Å²) in [6.45, 7) is 2.19. The van der Waals surface area contributed by atoms with Gasteiger partial charge in [-0.15, -0.1) is 0 Å². The van der Waals surface area contributed by atoms with Gasteiger partial charge >= 0.3 is 0 Å². The first kappa shape index (κ1) is 14.4. The summed E-state index contributed by atoms with van der Waals surface area (Å²) in [7, 11) is 0. The number of aromatic nitrogens is 2. The average molecular weight is 405 g/mol. The molecular weight excluding hydrogens is 388 g/mol. The van der Waals surface area contributed by atoms with Crippen LogP contribution in [0.1, 0.15) is 32.2 Å². The van der Waals surface area contributed by atoms with Gasteiger partial charge in [0, 0.05) is 17.4 Å². The van der Waals surface area contributed by atoms with Gasteiger partial charge in [-0.1, -0.05) is 6.92 Å². The third-order valence-electron chi connectivity index (χ3n) is 3.88. The standard InChI is InChI=1S/C14H17FIN3S/c1-2-20-9-4-3-8(5-9)19-13-6-10(15)11(16)7-12(13)18-14(19)17/h6-9H,2-5H2,1H3,(H2,17,18). The quantitative estimate of drug-likeness (QED) is 0.779. The molecule has 0 spiro atoms. The van der Waals surface area contributed by atoms with E-state index in [1.165, 1.54) is 6.42 Å². The van der Waals surface area contributed by atoms with Crippen LogP contribution in [0.15, 0.2) is 12.1 Å². The molecule has 0 aliphatic heterocycles. The number of anilines is 1. The Hall–Kier alpha value is -0.500. The van der Waals surface area contributed by atoms with Crippen molar-refractivity contribution in [1.82, 2.24) is 9.55 Å². The summed E-state index contributed by atoms with van der Waals surface area (Å²) >= 11 is 3.99. The van der Waals surface area contributed by atoms with Gasteiger partial charge in [0.1, 0.15) is 5.82 Å². The van der Waals surface area contributed by atoms with E-state index >= 15 is 0 Å². The first-order valence-corrected chi connectivity index (χ1v) is 8.97. The van der Waals surface area contributed by atoms with Gasteiger partial charge in [-0.05, 0) is 53.7 Å². The fourth-order valence-electron chi connectivity index (χ4n) is 3.03. The molecule has 2 unspecified atom stereocenters. The van der Waals surface area contributed by atoms with E-state index in [9.17, 15) is 4.39 Å². The number of halogens is 2. The van der Waals surface area contributed by atoms with Crippen molar-refractivity contribution < 1.29 is 4.39 Å². The van der Waals surface area contributed by atoms with Crippen molar-refractivity contribution in [3.05, 3.63) is 21.5 Å². The van der Waals surface area contributed by atoms with Crippen LogP contribution in [0.3, 0.4) is 0 Å². The Kier molecular flexibility index (Phi) is 4.12. The highest BCUT2D eigenvalue weighted by Gasteiger charge is 2.28. The number of thioether (sulfide) groups is 1. The molecule has 0 saturated heterocycles. The second-order valence-electron chi connectivity index (χ2n) is 5.14.